The van der Waals surface area contributed by atoms with E-state index in [4.69, 9.17) is 9.47 Å². The van der Waals surface area contributed by atoms with Crippen LogP contribution in [0.15, 0.2) is 77.7 Å². The number of aryl methyl sites for hydroxylation is 1. The first-order valence-corrected chi connectivity index (χ1v) is 12.2. The Morgan fingerprint density at radius 2 is 1.70 bits per heavy atom. The molecule has 1 aliphatic heterocycles. The first-order chi connectivity index (χ1) is 17.8. The average Bonchev–Trinajstić information content (AvgIpc) is 3.16. The molecule has 3 amide bonds. The predicted octanol–water partition coefficient (Wildman–Crippen LogP) is 4.94. The van der Waals surface area contributed by atoms with E-state index < -0.39 is 11.1 Å². The molecule has 9 heteroatoms. The zero-order chi connectivity index (χ0) is 26.4. The summed E-state index contributed by atoms with van der Waals surface area (Å²) in [5.74, 6) is -0.477. The third-order valence-corrected chi connectivity index (χ3v) is 6.36. The summed E-state index contributed by atoms with van der Waals surface area (Å²) in [7, 11) is 1.46. The van der Waals surface area contributed by atoms with Crippen molar-refractivity contribution >= 4 is 46.4 Å². The molecule has 3 aromatic carbocycles. The fraction of sp³-hybridized carbons (Fsp3) is 0.143. The van der Waals surface area contributed by atoms with Gasteiger partial charge in [0.1, 0.15) is 0 Å². The summed E-state index contributed by atoms with van der Waals surface area (Å²) < 4.78 is 11.0. The number of carbonyl (C=O) groups excluding carboxylic acids is 4. The number of rotatable bonds is 9. The van der Waals surface area contributed by atoms with Crippen molar-refractivity contribution in [2.45, 2.75) is 6.92 Å². The molecule has 1 N–H and O–H groups in total. The first-order valence-electron chi connectivity index (χ1n) is 11.3. The monoisotopic (exact) mass is 516 g/mol. The van der Waals surface area contributed by atoms with E-state index in [1.807, 2.05) is 31.2 Å². The van der Waals surface area contributed by atoms with Crippen molar-refractivity contribution in [3.8, 4) is 11.5 Å². The summed E-state index contributed by atoms with van der Waals surface area (Å²) in [5.41, 5.74) is 2.78. The molecule has 8 nitrogen and oxygen atoms in total. The lowest BCUT2D eigenvalue weighted by Gasteiger charge is -2.12. The second-order valence-corrected chi connectivity index (χ2v) is 9.16. The lowest BCUT2D eigenvalue weighted by Crippen LogP contribution is -2.33. The minimum atomic E-state index is -0.536. The highest BCUT2D eigenvalue weighted by Gasteiger charge is 2.36. The molecule has 1 fully saturated rings. The van der Waals surface area contributed by atoms with Crippen LogP contribution in [-0.4, -0.2) is 48.0 Å². The van der Waals surface area contributed by atoms with Crippen molar-refractivity contribution in [3.63, 3.8) is 0 Å². The van der Waals surface area contributed by atoms with Gasteiger partial charge in [0.25, 0.3) is 17.1 Å². The Labute approximate surface area is 218 Å². The lowest BCUT2D eigenvalue weighted by atomic mass is 10.1. The Balaban J connectivity index is 1.40. The molecule has 1 heterocycles. The second-order valence-electron chi connectivity index (χ2n) is 8.17. The van der Waals surface area contributed by atoms with Crippen molar-refractivity contribution in [3.05, 3.63) is 94.4 Å². The van der Waals surface area contributed by atoms with Crippen LogP contribution in [0.25, 0.3) is 6.08 Å². The molecule has 1 saturated heterocycles. The smallest absolute Gasteiger partial charge is 0.293 e. The number of thioether (sulfide) groups is 1. The number of carbonyl (C=O) groups is 4. The van der Waals surface area contributed by atoms with Gasteiger partial charge in [0, 0.05) is 11.3 Å². The number of ketones is 1. The fourth-order valence-corrected chi connectivity index (χ4v) is 4.36. The van der Waals surface area contributed by atoms with Gasteiger partial charge in [0.05, 0.1) is 18.6 Å². The summed E-state index contributed by atoms with van der Waals surface area (Å²) in [4.78, 5) is 51.1. The number of amides is 3. The molecule has 0 saturated carbocycles. The minimum Gasteiger partial charge on any atom is -0.493 e. The second kappa shape index (κ2) is 11.6. The molecule has 0 spiro atoms. The van der Waals surface area contributed by atoms with Gasteiger partial charge in [-0.3, -0.25) is 24.1 Å². The largest absolute Gasteiger partial charge is 0.493 e. The van der Waals surface area contributed by atoms with E-state index in [-0.39, 0.29) is 29.7 Å². The molecule has 3 aromatic rings. The van der Waals surface area contributed by atoms with Crippen LogP contribution >= 0.6 is 11.8 Å². The molecule has 4 rings (SSSR count). The zero-order valence-electron chi connectivity index (χ0n) is 20.2. The molecule has 0 aromatic heterocycles. The summed E-state index contributed by atoms with van der Waals surface area (Å²) >= 11 is 0.769. The highest BCUT2D eigenvalue weighted by molar-refractivity contribution is 8.18. The number of anilines is 1. The van der Waals surface area contributed by atoms with Crippen LogP contribution in [0.5, 0.6) is 11.5 Å². The highest BCUT2D eigenvalue weighted by Crippen LogP contribution is 2.34. The van der Waals surface area contributed by atoms with Gasteiger partial charge in [-0.25, -0.2) is 0 Å². The van der Waals surface area contributed by atoms with Gasteiger partial charge in [-0.2, -0.15) is 0 Å². The number of nitrogens with one attached hydrogen (secondary N) is 1. The molecule has 0 bridgehead atoms. The van der Waals surface area contributed by atoms with E-state index in [0.29, 0.717) is 28.3 Å². The van der Waals surface area contributed by atoms with E-state index in [2.05, 4.69) is 5.32 Å². The Bertz CT molecular complexity index is 1370. The maximum atomic E-state index is 12.8. The first kappa shape index (κ1) is 25.7. The van der Waals surface area contributed by atoms with Crippen LogP contribution < -0.4 is 14.8 Å². The van der Waals surface area contributed by atoms with E-state index in [0.717, 1.165) is 22.2 Å². The van der Waals surface area contributed by atoms with Crippen LogP contribution in [0.4, 0.5) is 10.5 Å². The standard InChI is InChI=1S/C28H24N2O6S/c1-18-8-11-21(12-9-18)29-26(32)17-36-23-13-10-19(14-24(23)35-2)15-25-27(33)30(28(34)37-25)16-22(31)20-6-4-3-5-7-20/h3-15H,16-17H2,1-2H3,(H,29,32)/b25-15+. The predicted molar refractivity (Wildman–Crippen MR) is 142 cm³/mol. The topological polar surface area (TPSA) is 102 Å². The van der Waals surface area contributed by atoms with Gasteiger partial charge in [0.15, 0.2) is 23.9 Å². The van der Waals surface area contributed by atoms with Crippen molar-refractivity contribution in [2.75, 3.05) is 25.6 Å². The molecule has 0 aliphatic carbocycles. The van der Waals surface area contributed by atoms with Crippen molar-refractivity contribution in [1.82, 2.24) is 4.90 Å². The van der Waals surface area contributed by atoms with Crippen LogP contribution in [0.1, 0.15) is 21.5 Å². The zero-order valence-corrected chi connectivity index (χ0v) is 21.0. The fourth-order valence-electron chi connectivity index (χ4n) is 3.52. The summed E-state index contributed by atoms with van der Waals surface area (Å²) in [5, 5.41) is 2.25. The van der Waals surface area contributed by atoms with Crippen molar-refractivity contribution < 1.29 is 28.7 Å². The van der Waals surface area contributed by atoms with Gasteiger partial charge >= 0.3 is 0 Å². The molecule has 0 unspecified atom stereocenters. The number of methoxy groups -OCH3 is 1. The Kier molecular flexibility index (Phi) is 8.05. The van der Waals surface area contributed by atoms with Crippen molar-refractivity contribution in [2.24, 2.45) is 0 Å². The molecule has 1 aliphatic rings. The van der Waals surface area contributed by atoms with Gasteiger partial charge in [-0.1, -0.05) is 54.1 Å². The normalized spacial score (nSPS) is 14.1. The maximum absolute atomic E-state index is 12.8. The van der Waals surface area contributed by atoms with E-state index in [9.17, 15) is 19.2 Å². The molecule has 0 atom stereocenters. The molecule has 37 heavy (non-hydrogen) atoms. The minimum absolute atomic E-state index is 0.194. The van der Waals surface area contributed by atoms with Crippen LogP contribution in [0, 0.1) is 6.92 Å². The van der Waals surface area contributed by atoms with Gasteiger partial charge < -0.3 is 14.8 Å². The summed E-state index contributed by atoms with van der Waals surface area (Å²) in [6.07, 6.45) is 1.55. The number of benzene rings is 3. The van der Waals surface area contributed by atoms with Crippen LogP contribution in [0.3, 0.4) is 0 Å². The van der Waals surface area contributed by atoms with E-state index in [1.54, 1.807) is 54.6 Å². The third kappa shape index (κ3) is 6.45. The summed E-state index contributed by atoms with van der Waals surface area (Å²) in [6.45, 7) is 1.41. The highest BCUT2D eigenvalue weighted by atomic mass is 32.2. The van der Waals surface area contributed by atoms with Crippen molar-refractivity contribution in [1.29, 1.82) is 0 Å². The quantitative estimate of drug-likeness (QED) is 0.317. The van der Waals surface area contributed by atoms with Gasteiger partial charge in [0.2, 0.25) is 0 Å². The number of hydrogen-bond donors (Lipinski definition) is 1. The molecular formula is C28H24N2O6S. The SMILES string of the molecule is COc1cc(/C=C2/SC(=O)N(CC(=O)c3ccccc3)C2=O)ccc1OCC(=O)Nc1ccc(C)cc1. The number of nitrogens with zero attached hydrogens (tertiary/aromatic N) is 1. The average molecular weight is 517 g/mol. The van der Waals surface area contributed by atoms with Gasteiger partial charge in [-0.15, -0.1) is 0 Å². The van der Waals surface area contributed by atoms with Crippen LogP contribution in [0.2, 0.25) is 0 Å². The number of Topliss-reactive ketones (excluding diaryl/α,β-unsaturated/α-hetero) is 1. The molecule has 0 radical (unpaired) electrons. The maximum Gasteiger partial charge on any atom is 0.293 e. The third-order valence-electron chi connectivity index (χ3n) is 5.45. The van der Waals surface area contributed by atoms with Crippen LogP contribution in [-0.2, 0) is 9.59 Å². The Hall–Kier alpha value is -4.37. The number of imide groups is 1. The number of ether oxygens (including phenoxy) is 2. The van der Waals surface area contributed by atoms with E-state index >= 15 is 0 Å². The lowest BCUT2D eigenvalue weighted by molar-refractivity contribution is -0.122. The molecular weight excluding hydrogens is 492 g/mol. The van der Waals surface area contributed by atoms with Gasteiger partial charge in [-0.05, 0) is 54.6 Å². The summed E-state index contributed by atoms with van der Waals surface area (Å²) in [6, 6.07) is 20.8. The number of hydrogen-bond acceptors (Lipinski definition) is 7. The molecule has 188 valence electrons. The Morgan fingerprint density at radius 1 is 0.973 bits per heavy atom. The Morgan fingerprint density at radius 3 is 2.41 bits per heavy atom. The van der Waals surface area contributed by atoms with E-state index in [1.165, 1.54) is 7.11 Å².